The molecule has 1 unspecified atom stereocenters. The number of fused-ring (bicyclic) bond motifs is 1. The fraction of sp³-hybridized carbons (Fsp3) is 0.0667. The Kier molecular flexibility index (Phi) is 4.86. The number of phenols is 1. The minimum Gasteiger partial charge on any atom is -0.508 e. The van der Waals surface area contributed by atoms with E-state index in [-0.39, 0.29) is 15.7 Å². The van der Waals surface area contributed by atoms with Crippen LogP contribution in [0.2, 0.25) is 0 Å². The SMILES string of the molecule is O=P(O)(CNS(=O)(=O)c1cc2ccccc2s1)Oc1ccc(O)cc1. The average Bonchev–Trinajstić information content (AvgIpc) is 3.00. The van der Waals surface area contributed by atoms with Crippen LogP contribution < -0.4 is 9.25 Å². The Morgan fingerprint density at radius 1 is 1.12 bits per heavy atom. The van der Waals surface area contributed by atoms with Gasteiger partial charge in [-0.15, -0.1) is 11.3 Å². The van der Waals surface area contributed by atoms with Gasteiger partial charge in [-0.05, 0) is 41.8 Å². The molecule has 3 rings (SSSR count). The highest BCUT2D eigenvalue weighted by Crippen LogP contribution is 2.42. The summed E-state index contributed by atoms with van der Waals surface area (Å²) in [5, 5.41) is 9.95. The molecule has 0 fully saturated rings. The van der Waals surface area contributed by atoms with E-state index in [1.807, 2.05) is 0 Å². The predicted octanol–water partition coefficient (Wildman–Crippen LogP) is 3.11. The molecule has 0 saturated carbocycles. The molecular weight excluding hydrogens is 385 g/mol. The highest BCUT2D eigenvalue weighted by Gasteiger charge is 2.26. The molecule has 0 radical (unpaired) electrons. The van der Waals surface area contributed by atoms with Crippen molar-refractivity contribution in [2.45, 2.75) is 4.21 Å². The predicted molar refractivity (Wildman–Crippen MR) is 95.6 cm³/mol. The maximum Gasteiger partial charge on any atom is 0.391 e. The van der Waals surface area contributed by atoms with Crippen LogP contribution in [-0.2, 0) is 14.6 Å². The van der Waals surface area contributed by atoms with E-state index < -0.39 is 23.9 Å². The van der Waals surface area contributed by atoms with Crippen LogP contribution in [0.3, 0.4) is 0 Å². The van der Waals surface area contributed by atoms with Gasteiger partial charge in [-0.3, -0.25) is 0 Å². The van der Waals surface area contributed by atoms with Gasteiger partial charge in [0.2, 0.25) is 0 Å². The molecule has 1 atom stereocenters. The Balaban J connectivity index is 1.72. The smallest absolute Gasteiger partial charge is 0.391 e. The Morgan fingerprint density at radius 2 is 1.80 bits per heavy atom. The van der Waals surface area contributed by atoms with Crippen LogP contribution in [0.25, 0.3) is 10.1 Å². The summed E-state index contributed by atoms with van der Waals surface area (Å²) in [7, 11) is -8.19. The van der Waals surface area contributed by atoms with Crippen molar-refractivity contribution in [3.05, 3.63) is 54.6 Å². The molecule has 0 aliphatic rings. The number of phenolic OH excluding ortho intramolecular Hbond substituents is 1. The molecule has 0 aliphatic heterocycles. The first-order valence-corrected chi connectivity index (χ1v) is 11.1. The van der Waals surface area contributed by atoms with Crippen molar-refractivity contribution in [3.63, 3.8) is 0 Å². The monoisotopic (exact) mass is 399 g/mol. The lowest BCUT2D eigenvalue weighted by atomic mass is 10.3. The van der Waals surface area contributed by atoms with Gasteiger partial charge in [-0.1, -0.05) is 18.2 Å². The number of hydrogen-bond acceptors (Lipinski definition) is 6. The summed E-state index contributed by atoms with van der Waals surface area (Å²) in [6, 6.07) is 13.9. The number of sulfonamides is 1. The minimum absolute atomic E-state index is 0.0226. The van der Waals surface area contributed by atoms with Gasteiger partial charge >= 0.3 is 7.60 Å². The van der Waals surface area contributed by atoms with E-state index in [2.05, 4.69) is 4.72 Å². The first kappa shape index (κ1) is 17.9. The number of thiophene rings is 1. The van der Waals surface area contributed by atoms with Gasteiger partial charge < -0.3 is 14.5 Å². The summed E-state index contributed by atoms with van der Waals surface area (Å²) in [4.78, 5) is 9.83. The fourth-order valence-corrected chi connectivity index (χ4v) is 5.98. The van der Waals surface area contributed by atoms with Gasteiger partial charge in [0, 0.05) is 4.70 Å². The topological polar surface area (TPSA) is 113 Å². The van der Waals surface area contributed by atoms with Gasteiger partial charge in [0.25, 0.3) is 10.0 Å². The van der Waals surface area contributed by atoms with Crippen LogP contribution in [0.1, 0.15) is 0 Å². The highest BCUT2D eigenvalue weighted by molar-refractivity contribution is 7.92. The van der Waals surface area contributed by atoms with E-state index in [1.165, 1.54) is 30.3 Å². The average molecular weight is 399 g/mol. The van der Waals surface area contributed by atoms with Crippen molar-refractivity contribution in [2.75, 3.05) is 6.29 Å². The van der Waals surface area contributed by atoms with Crippen LogP contribution in [0.15, 0.2) is 58.8 Å². The largest absolute Gasteiger partial charge is 0.508 e. The van der Waals surface area contributed by atoms with Crippen LogP contribution in [0.5, 0.6) is 11.5 Å². The lowest BCUT2D eigenvalue weighted by Crippen LogP contribution is -2.25. The van der Waals surface area contributed by atoms with Crippen molar-refractivity contribution in [2.24, 2.45) is 0 Å². The minimum atomic E-state index is -4.25. The second-order valence-corrected chi connectivity index (χ2v) is 9.98. The molecule has 1 heterocycles. The van der Waals surface area contributed by atoms with Gasteiger partial charge in [0.1, 0.15) is 22.0 Å². The quantitative estimate of drug-likeness (QED) is 0.549. The maximum atomic E-state index is 12.3. The van der Waals surface area contributed by atoms with Crippen molar-refractivity contribution >= 4 is 39.0 Å². The van der Waals surface area contributed by atoms with Crippen molar-refractivity contribution in [3.8, 4) is 11.5 Å². The van der Waals surface area contributed by atoms with E-state index in [4.69, 9.17) is 4.52 Å². The Labute approximate surface area is 148 Å². The summed E-state index contributed by atoms with van der Waals surface area (Å²) >= 11 is 1.07. The summed E-state index contributed by atoms with van der Waals surface area (Å²) in [5.41, 5.74) is 0. The number of hydrogen-bond donors (Lipinski definition) is 3. The molecular formula is C15H14NO6PS2. The lowest BCUT2D eigenvalue weighted by Gasteiger charge is -2.14. The molecule has 0 spiro atoms. The van der Waals surface area contributed by atoms with Crippen LogP contribution >= 0.6 is 18.9 Å². The highest BCUT2D eigenvalue weighted by atomic mass is 32.2. The standard InChI is InChI=1S/C15H14NO6PS2/c17-12-5-7-13(8-6-12)22-23(18,19)10-16-25(20,21)15-9-11-3-1-2-4-14(11)24-15/h1-9,16-17H,10H2,(H,18,19). The molecule has 3 N–H and O–H groups in total. The third kappa shape index (κ3) is 4.39. The second-order valence-electron chi connectivity index (χ2n) is 5.13. The third-order valence-corrected chi connectivity index (χ3v) is 7.47. The molecule has 2 aromatic carbocycles. The van der Waals surface area contributed by atoms with Crippen molar-refractivity contribution < 1.29 is 27.5 Å². The molecule has 3 aromatic rings. The molecule has 1 aromatic heterocycles. The molecule has 10 heteroatoms. The molecule has 132 valence electrons. The van der Waals surface area contributed by atoms with Crippen LogP contribution in [-0.4, -0.2) is 24.7 Å². The Hall–Kier alpha value is -1.90. The van der Waals surface area contributed by atoms with E-state index in [0.29, 0.717) is 0 Å². The Morgan fingerprint density at radius 3 is 2.48 bits per heavy atom. The van der Waals surface area contributed by atoms with Gasteiger partial charge in [-0.2, -0.15) is 4.72 Å². The number of aromatic hydroxyl groups is 1. The first-order chi connectivity index (χ1) is 11.8. The van der Waals surface area contributed by atoms with Crippen molar-refractivity contribution in [1.82, 2.24) is 4.72 Å². The maximum absolute atomic E-state index is 12.3. The van der Waals surface area contributed by atoms with Gasteiger partial charge in [0.05, 0.1) is 0 Å². The van der Waals surface area contributed by atoms with Crippen LogP contribution in [0.4, 0.5) is 0 Å². The summed E-state index contributed by atoms with van der Waals surface area (Å²) in [5.74, 6) is 0.0234. The first-order valence-electron chi connectivity index (χ1n) is 7.04. The van der Waals surface area contributed by atoms with E-state index >= 15 is 0 Å². The number of nitrogens with one attached hydrogen (secondary N) is 1. The lowest BCUT2D eigenvalue weighted by molar-refractivity contribution is 0.377. The summed E-state index contributed by atoms with van der Waals surface area (Å²) < 4.78 is 44.6. The molecule has 0 amide bonds. The van der Waals surface area contributed by atoms with E-state index in [0.717, 1.165) is 21.4 Å². The van der Waals surface area contributed by atoms with Gasteiger partial charge in [0.15, 0.2) is 0 Å². The van der Waals surface area contributed by atoms with Gasteiger partial charge in [-0.25, -0.2) is 13.0 Å². The number of rotatable bonds is 6. The van der Waals surface area contributed by atoms with Crippen molar-refractivity contribution in [1.29, 1.82) is 0 Å². The van der Waals surface area contributed by atoms with E-state index in [1.54, 1.807) is 24.3 Å². The molecule has 0 bridgehead atoms. The zero-order valence-corrected chi connectivity index (χ0v) is 15.2. The zero-order valence-electron chi connectivity index (χ0n) is 12.7. The summed E-state index contributed by atoms with van der Waals surface area (Å²) in [6.07, 6.45) is -0.773. The number of benzene rings is 2. The zero-order chi connectivity index (χ0) is 18.1. The molecule has 7 nitrogen and oxygen atoms in total. The summed E-state index contributed by atoms with van der Waals surface area (Å²) in [6.45, 7) is 0. The normalized spacial score (nSPS) is 14.3. The van der Waals surface area contributed by atoms with Crippen LogP contribution in [0, 0.1) is 0 Å². The fourth-order valence-electron chi connectivity index (χ4n) is 2.03. The second kappa shape index (κ2) is 6.78. The molecule has 0 aliphatic carbocycles. The third-order valence-electron chi connectivity index (χ3n) is 3.21. The van der Waals surface area contributed by atoms with E-state index in [9.17, 15) is 23.0 Å². The molecule has 0 saturated heterocycles. The Bertz CT molecular complexity index is 1010. The molecule has 25 heavy (non-hydrogen) atoms.